The summed E-state index contributed by atoms with van der Waals surface area (Å²) < 4.78 is 6.54. The first-order valence-corrected chi connectivity index (χ1v) is 9.47. The highest BCUT2D eigenvalue weighted by Crippen LogP contribution is 2.28. The van der Waals surface area contributed by atoms with Crippen LogP contribution in [0.1, 0.15) is 29.8 Å². The summed E-state index contributed by atoms with van der Waals surface area (Å²) in [6.45, 7) is 4.32. The van der Waals surface area contributed by atoms with Gasteiger partial charge in [-0.2, -0.15) is 5.10 Å². The molecular weight excluding hydrogens is 389 g/mol. The maximum absolute atomic E-state index is 12.8. The number of amides is 1. The first kappa shape index (κ1) is 19.7. The summed E-state index contributed by atoms with van der Waals surface area (Å²) in [4.78, 5) is 26.4. The minimum Gasteiger partial charge on any atom is -0.467 e. The molecule has 144 valence electrons. The van der Waals surface area contributed by atoms with Gasteiger partial charge in [-0.3, -0.25) is 4.79 Å². The molecule has 1 saturated heterocycles. The minimum atomic E-state index is -0.496. The van der Waals surface area contributed by atoms with E-state index in [-0.39, 0.29) is 18.3 Å². The molecule has 27 heavy (non-hydrogen) atoms. The van der Waals surface area contributed by atoms with Gasteiger partial charge in [0.2, 0.25) is 5.91 Å². The molecule has 1 aliphatic heterocycles. The highest BCUT2D eigenvalue weighted by atomic mass is 35.5. The monoisotopic (exact) mass is 409 g/mol. The summed E-state index contributed by atoms with van der Waals surface area (Å²) in [5, 5.41) is 5.58. The van der Waals surface area contributed by atoms with Gasteiger partial charge >= 0.3 is 5.97 Å². The predicted octanol–water partition coefficient (Wildman–Crippen LogP) is 3.50. The fourth-order valence-electron chi connectivity index (χ4n) is 3.52. The predicted molar refractivity (Wildman–Crippen MR) is 104 cm³/mol. The average molecular weight is 410 g/mol. The van der Waals surface area contributed by atoms with Crippen LogP contribution < -0.4 is 0 Å². The lowest BCUT2D eigenvalue weighted by molar-refractivity contribution is -0.150. The van der Waals surface area contributed by atoms with Crippen molar-refractivity contribution in [1.29, 1.82) is 0 Å². The lowest BCUT2D eigenvalue weighted by atomic mass is 10.1. The molecule has 0 radical (unpaired) electrons. The number of methoxy groups -OCH3 is 1. The van der Waals surface area contributed by atoms with Crippen molar-refractivity contribution >= 4 is 35.1 Å². The molecule has 0 aliphatic carbocycles. The van der Waals surface area contributed by atoms with E-state index in [0.29, 0.717) is 28.7 Å². The van der Waals surface area contributed by atoms with Crippen LogP contribution in [-0.4, -0.2) is 46.3 Å². The summed E-state index contributed by atoms with van der Waals surface area (Å²) in [5.74, 6) is -0.464. The summed E-state index contributed by atoms with van der Waals surface area (Å²) in [7, 11) is 1.34. The molecular formula is C19H21Cl2N3O3. The van der Waals surface area contributed by atoms with E-state index in [2.05, 4.69) is 5.10 Å². The fraction of sp³-hybridized carbons (Fsp3) is 0.421. The van der Waals surface area contributed by atoms with Crippen LogP contribution in [0.15, 0.2) is 18.2 Å². The lowest BCUT2D eigenvalue weighted by Gasteiger charge is -2.22. The van der Waals surface area contributed by atoms with Crippen molar-refractivity contribution in [2.24, 2.45) is 0 Å². The number of aromatic nitrogens is 2. The molecule has 1 atom stereocenters. The average Bonchev–Trinajstić information content (AvgIpc) is 3.22. The van der Waals surface area contributed by atoms with E-state index in [1.807, 2.05) is 13.8 Å². The van der Waals surface area contributed by atoms with E-state index in [0.717, 1.165) is 23.4 Å². The van der Waals surface area contributed by atoms with Gasteiger partial charge in [0, 0.05) is 22.8 Å². The topological polar surface area (TPSA) is 64.4 Å². The van der Waals surface area contributed by atoms with Gasteiger partial charge in [0.15, 0.2) is 0 Å². The van der Waals surface area contributed by atoms with Crippen molar-refractivity contribution in [2.45, 2.75) is 39.2 Å². The number of rotatable bonds is 4. The first-order chi connectivity index (χ1) is 12.8. The summed E-state index contributed by atoms with van der Waals surface area (Å²) in [5.41, 5.74) is 3.12. The molecule has 0 spiro atoms. The lowest BCUT2D eigenvalue weighted by Crippen LogP contribution is -2.41. The van der Waals surface area contributed by atoms with Crippen molar-refractivity contribution in [1.82, 2.24) is 14.7 Å². The molecule has 6 nitrogen and oxygen atoms in total. The van der Waals surface area contributed by atoms with Crippen molar-refractivity contribution < 1.29 is 14.3 Å². The third-order valence-corrected chi connectivity index (χ3v) is 5.49. The second-order valence-electron chi connectivity index (χ2n) is 6.60. The molecule has 1 fully saturated rings. The highest BCUT2D eigenvalue weighted by Gasteiger charge is 2.35. The van der Waals surface area contributed by atoms with E-state index < -0.39 is 6.04 Å². The van der Waals surface area contributed by atoms with Crippen LogP contribution in [0.25, 0.3) is 5.69 Å². The van der Waals surface area contributed by atoms with Gasteiger partial charge in [-0.1, -0.05) is 23.2 Å². The van der Waals surface area contributed by atoms with Gasteiger partial charge in [-0.05, 0) is 44.9 Å². The first-order valence-electron chi connectivity index (χ1n) is 8.71. The standard InChI is InChI=1S/C19H21Cl2N3O3/c1-11-14(10-18(25)23-8-4-5-17(23)19(26)27-3)12(2)24(22-11)16-7-6-13(20)9-15(16)21/h6-7,9,17H,4-5,8,10H2,1-3H3. The molecule has 1 unspecified atom stereocenters. The van der Waals surface area contributed by atoms with Crippen LogP contribution in [0.5, 0.6) is 0 Å². The van der Waals surface area contributed by atoms with Crippen molar-refractivity contribution in [3.8, 4) is 5.69 Å². The van der Waals surface area contributed by atoms with Gasteiger partial charge in [0.1, 0.15) is 6.04 Å². The highest BCUT2D eigenvalue weighted by molar-refractivity contribution is 6.35. The number of aryl methyl sites for hydroxylation is 1. The maximum atomic E-state index is 12.8. The molecule has 1 aliphatic rings. The Labute approximate surface area is 168 Å². The normalized spacial score (nSPS) is 16.6. The van der Waals surface area contributed by atoms with E-state index in [1.165, 1.54) is 7.11 Å². The third-order valence-electron chi connectivity index (χ3n) is 4.95. The Bertz CT molecular complexity index is 895. The van der Waals surface area contributed by atoms with Gasteiger partial charge in [-0.15, -0.1) is 0 Å². The number of halogens is 2. The summed E-state index contributed by atoms with van der Waals surface area (Å²) >= 11 is 12.3. The van der Waals surface area contributed by atoms with Crippen molar-refractivity contribution in [3.63, 3.8) is 0 Å². The zero-order valence-electron chi connectivity index (χ0n) is 15.5. The zero-order chi connectivity index (χ0) is 19.7. The number of esters is 1. The SMILES string of the molecule is COC(=O)C1CCCN1C(=O)Cc1c(C)nn(-c2ccc(Cl)cc2Cl)c1C. The second kappa shape index (κ2) is 7.90. The van der Waals surface area contributed by atoms with Gasteiger partial charge < -0.3 is 9.64 Å². The quantitative estimate of drug-likeness (QED) is 0.724. The number of likely N-dealkylation sites (tertiary alicyclic amines) is 1. The van der Waals surface area contributed by atoms with Crippen LogP contribution in [0.3, 0.4) is 0 Å². The van der Waals surface area contributed by atoms with E-state index >= 15 is 0 Å². The zero-order valence-corrected chi connectivity index (χ0v) is 17.0. The Morgan fingerprint density at radius 1 is 1.30 bits per heavy atom. The Balaban J connectivity index is 1.87. The second-order valence-corrected chi connectivity index (χ2v) is 7.45. The maximum Gasteiger partial charge on any atom is 0.328 e. The van der Waals surface area contributed by atoms with E-state index in [4.69, 9.17) is 27.9 Å². The van der Waals surface area contributed by atoms with E-state index in [9.17, 15) is 9.59 Å². The number of carbonyl (C=O) groups excluding carboxylic acids is 2. The van der Waals surface area contributed by atoms with Crippen LogP contribution in [-0.2, 0) is 20.7 Å². The number of hydrogen-bond acceptors (Lipinski definition) is 4. The van der Waals surface area contributed by atoms with E-state index in [1.54, 1.807) is 27.8 Å². The molecule has 0 N–H and O–H groups in total. The third kappa shape index (κ3) is 3.82. The molecule has 8 heteroatoms. The molecule has 2 heterocycles. The molecule has 2 aromatic rings. The molecule has 0 bridgehead atoms. The number of ether oxygens (including phenoxy) is 1. The Morgan fingerprint density at radius 3 is 2.70 bits per heavy atom. The number of benzene rings is 1. The molecule has 0 saturated carbocycles. The Hall–Kier alpha value is -2.05. The summed E-state index contributed by atoms with van der Waals surface area (Å²) in [6, 6.07) is 4.70. The smallest absolute Gasteiger partial charge is 0.328 e. The number of nitrogens with zero attached hydrogens (tertiary/aromatic N) is 3. The van der Waals surface area contributed by atoms with Crippen molar-refractivity contribution in [3.05, 3.63) is 45.2 Å². The van der Waals surface area contributed by atoms with Crippen LogP contribution in [0.2, 0.25) is 10.0 Å². The minimum absolute atomic E-state index is 0.101. The Morgan fingerprint density at radius 2 is 2.04 bits per heavy atom. The molecule has 3 rings (SSSR count). The fourth-order valence-corrected chi connectivity index (χ4v) is 4.01. The van der Waals surface area contributed by atoms with Gasteiger partial charge in [0.05, 0.1) is 29.9 Å². The van der Waals surface area contributed by atoms with Crippen LogP contribution >= 0.6 is 23.2 Å². The largest absolute Gasteiger partial charge is 0.467 e. The molecule has 1 aromatic carbocycles. The number of hydrogen-bond donors (Lipinski definition) is 0. The van der Waals surface area contributed by atoms with Crippen molar-refractivity contribution in [2.75, 3.05) is 13.7 Å². The van der Waals surface area contributed by atoms with Gasteiger partial charge in [-0.25, -0.2) is 9.48 Å². The Kier molecular flexibility index (Phi) is 5.77. The number of carbonyl (C=O) groups is 2. The van der Waals surface area contributed by atoms with Gasteiger partial charge in [0.25, 0.3) is 0 Å². The molecule has 1 aromatic heterocycles. The summed E-state index contributed by atoms with van der Waals surface area (Å²) in [6.07, 6.45) is 1.61. The van der Waals surface area contributed by atoms with Crippen LogP contribution in [0, 0.1) is 13.8 Å². The van der Waals surface area contributed by atoms with Crippen LogP contribution in [0.4, 0.5) is 0 Å². The molecule has 1 amide bonds.